The second kappa shape index (κ2) is 7.85. The van der Waals surface area contributed by atoms with Crippen LogP contribution in [0.2, 0.25) is 0 Å². The van der Waals surface area contributed by atoms with Gasteiger partial charge in [-0.3, -0.25) is 9.54 Å². The lowest BCUT2D eigenvalue weighted by atomic mass is 10.0. The minimum absolute atomic E-state index is 0.182. The molecule has 0 spiro atoms. The van der Waals surface area contributed by atoms with E-state index in [0.29, 0.717) is 11.5 Å². The quantitative estimate of drug-likeness (QED) is 0.582. The van der Waals surface area contributed by atoms with E-state index in [4.69, 9.17) is 9.72 Å². The van der Waals surface area contributed by atoms with Crippen molar-refractivity contribution in [3.05, 3.63) is 78.1 Å². The standard InChI is InChI=1S/C22H22N2O4S/c1-2-16-8-7-9-17(23-16)18(14-15-29(25,26)27)24-19-10-3-5-12-21(19)28-22-13-6-4-11-20(22)24/h3-13,18H,2,14-15H2,1H3,(H,25,26,27). The molecular weight excluding hydrogens is 388 g/mol. The number of para-hydroxylation sites is 4. The van der Waals surface area contributed by atoms with Crippen molar-refractivity contribution in [2.75, 3.05) is 10.7 Å². The number of benzene rings is 2. The fraction of sp³-hybridized carbons (Fsp3) is 0.227. The van der Waals surface area contributed by atoms with Gasteiger partial charge < -0.3 is 9.64 Å². The van der Waals surface area contributed by atoms with Gasteiger partial charge in [0, 0.05) is 5.69 Å². The van der Waals surface area contributed by atoms with Gasteiger partial charge in [0.25, 0.3) is 10.1 Å². The Morgan fingerprint density at radius 3 is 2.17 bits per heavy atom. The zero-order valence-electron chi connectivity index (χ0n) is 16.0. The number of rotatable bonds is 6. The minimum Gasteiger partial charge on any atom is -0.453 e. The van der Waals surface area contributed by atoms with Crippen LogP contribution in [0.25, 0.3) is 0 Å². The highest BCUT2D eigenvalue weighted by Gasteiger charge is 2.32. The maximum absolute atomic E-state index is 11.6. The highest BCUT2D eigenvalue weighted by molar-refractivity contribution is 7.85. The summed E-state index contributed by atoms with van der Waals surface area (Å²) in [6.07, 6.45) is 0.955. The molecule has 2 heterocycles. The van der Waals surface area contributed by atoms with Crippen molar-refractivity contribution < 1.29 is 17.7 Å². The molecule has 29 heavy (non-hydrogen) atoms. The largest absolute Gasteiger partial charge is 0.453 e. The van der Waals surface area contributed by atoms with Crippen LogP contribution in [0, 0.1) is 0 Å². The molecule has 0 radical (unpaired) electrons. The third kappa shape index (κ3) is 4.11. The number of aromatic nitrogens is 1. The lowest BCUT2D eigenvalue weighted by molar-refractivity contribution is 0.460. The Morgan fingerprint density at radius 1 is 0.966 bits per heavy atom. The van der Waals surface area contributed by atoms with Crippen LogP contribution in [0.4, 0.5) is 11.4 Å². The van der Waals surface area contributed by atoms with Crippen LogP contribution >= 0.6 is 0 Å². The van der Waals surface area contributed by atoms with Gasteiger partial charge in [-0.05, 0) is 49.2 Å². The summed E-state index contributed by atoms with van der Waals surface area (Å²) in [4.78, 5) is 6.81. The second-order valence-electron chi connectivity index (χ2n) is 6.91. The third-order valence-corrected chi connectivity index (χ3v) is 5.71. The van der Waals surface area contributed by atoms with Gasteiger partial charge in [-0.25, -0.2) is 0 Å². The zero-order valence-corrected chi connectivity index (χ0v) is 16.8. The van der Waals surface area contributed by atoms with Gasteiger partial charge >= 0.3 is 0 Å². The zero-order chi connectivity index (χ0) is 20.4. The average molecular weight is 410 g/mol. The van der Waals surface area contributed by atoms with Crippen molar-refractivity contribution >= 4 is 21.5 Å². The van der Waals surface area contributed by atoms with Gasteiger partial charge in [-0.1, -0.05) is 37.3 Å². The summed E-state index contributed by atoms with van der Waals surface area (Å²) in [6.45, 7) is 2.03. The fourth-order valence-corrected chi connectivity index (χ4v) is 4.14. The van der Waals surface area contributed by atoms with Crippen LogP contribution in [0.15, 0.2) is 66.7 Å². The van der Waals surface area contributed by atoms with E-state index in [1.807, 2.05) is 73.7 Å². The summed E-state index contributed by atoms with van der Waals surface area (Å²) in [5.41, 5.74) is 3.33. The molecule has 1 N–H and O–H groups in total. The number of hydrogen-bond acceptors (Lipinski definition) is 5. The molecular formula is C22H22N2O4S. The smallest absolute Gasteiger partial charge is 0.264 e. The molecule has 0 bridgehead atoms. The normalized spacial score (nSPS) is 13.9. The Hall–Kier alpha value is -2.90. The number of aryl methyl sites for hydroxylation is 1. The molecule has 0 saturated heterocycles. The molecule has 1 atom stereocenters. The molecule has 1 aromatic heterocycles. The molecule has 4 rings (SSSR count). The summed E-state index contributed by atoms with van der Waals surface area (Å²) in [5, 5.41) is 0. The van der Waals surface area contributed by atoms with Gasteiger partial charge in [0.15, 0.2) is 11.5 Å². The summed E-state index contributed by atoms with van der Waals surface area (Å²) >= 11 is 0. The molecule has 0 fully saturated rings. The Bertz CT molecular complexity index is 1090. The highest BCUT2D eigenvalue weighted by Crippen LogP contribution is 2.50. The van der Waals surface area contributed by atoms with Gasteiger partial charge in [-0.2, -0.15) is 8.42 Å². The molecule has 7 heteroatoms. The first-order chi connectivity index (χ1) is 14.0. The van der Waals surface area contributed by atoms with E-state index >= 15 is 0 Å². The molecule has 3 aromatic rings. The Morgan fingerprint density at radius 2 is 1.59 bits per heavy atom. The van der Waals surface area contributed by atoms with E-state index in [2.05, 4.69) is 4.90 Å². The molecule has 0 amide bonds. The lowest BCUT2D eigenvalue weighted by Gasteiger charge is -2.38. The van der Waals surface area contributed by atoms with E-state index in [1.165, 1.54) is 0 Å². The van der Waals surface area contributed by atoms with Gasteiger partial charge in [-0.15, -0.1) is 0 Å². The molecule has 0 aliphatic carbocycles. The average Bonchev–Trinajstić information content (AvgIpc) is 2.72. The van der Waals surface area contributed by atoms with Gasteiger partial charge in [0.1, 0.15) is 0 Å². The SMILES string of the molecule is CCc1cccc(C(CCS(=O)(=O)O)N2c3ccccc3Oc3ccccc32)n1. The summed E-state index contributed by atoms with van der Waals surface area (Å²) < 4.78 is 38.6. The Balaban J connectivity index is 1.87. The van der Waals surface area contributed by atoms with E-state index in [0.717, 1.165) is 29.2 Å². The number of ether oxygens (including phenoxy) is 1. The van der Waals surface area contributed by atoms with Crippen LogP contribution in [0.1, 0.15) is 30.8 Å². The Labute approximate surface area is 170 Å². The first-order valence-electron chi connectivity index (χ1n) is 9.52. The molecule has 0 saturated carbocycles. The molecule has 1 unspecified atom stereocenters. The minimum atomic E-state index is -4.12. The first kappa shape index (κ1) is 19.4. The lowest BCUT2D eigenvalue weighted by Crippen LogP contribution is -2.29. The first-order valence-corrected chi connectivity index (χ1v) is 11.1. The van der Waals surface area contributed by atoms with E-state index in [1.54, 1.807) is 0 Å². The van der Waals surface area contributed by atoms with Crippen LogP contribution in [-0.4, -0.2) is 23.7 Å². The predicted octanol–water partition coefficient (Wildman–Crippen LogP) is 4.91. The van der Waals surface area contributed by atoms with Gasteiger partial charge in [0.05, 0.1) is 28.9 Å². The van der Waals surface area contributed by atoms with E-state index in [-0.39, 0.29) is 12.2 Å². The third-order valence-electron chi connectivity index (χ3n) is 4.96. The maximum atomic E-state index is 11.6. The van der Waals surface area contributed by atoms with Crippen LogP contribution in [0.5, 0.6) is 11.5 Å². The van der Waals surface area contributed by atoms with Crippen molar-refractivity contribution in [1.29, 1.82) is 0 Å². The van der Waals surface area contributed by atoms with Crippen molar-refractivity contribution in [1.82, 2.24) is 4.98 Å². The monoisotopic (exact) mass is 410 g/mol. The summed E-state index contributed by atoms with van der Waals surface area (Å²) in [7, 11) is -4.12. The van der Waals surface area contributed by atoms with E-state index in [9.17, 15) is 13.0 Å². The Kier molecular flexibility index (Phi) is 5.25. The second-order valence-corrected chi connectivity index (χ2v) is 8.48. The van der Waals surface area contributed by atoms with Crippen molar-refractivity contribution in [2.24, 2.45) is 0 Å². The van der Waals surface area contributed by atoms with Crippen molar-refractivity contribution in [2.45, 2.75) is 25.8 Å². The predicted molar refractivity (Wildman–Crippen MR) is 112 cm³/mol. The topological polar surface area (TPSA) is 79.7 Å². The number of pyridine rings is 1. The van der Waals surface area contributed by atoms with Crippen LogP contribution in [0.3, 0.4) is 0 Å². The van der Waals surface area contributed by atoms with Crippen LogP contribution < -0.4 is 9.64 Å². The number of nitrogens with zero attached hydrogens (tertiary/aromatic N) is 2. The van der Waals surface area contributed by atoms with Crippen LogP contribution in [-0.2, 0) is 16.5 Å². The molecule has 6 nitrogen and oxygen atoms in total. The van der Waals surface area contributed by atoms with Crippen molar-refractivity contribution in [3.8, 4) is 11.5 Å². The molecule has 150 valence electrons. The fourth-order valence-electron chi connectivity index (χ4n) is 3.62. The summed E-state index contributed by atoms with van der Waals surface area (Å²) in [6, 6.07) is 20.7. The maximum Gasteiger partial charge on any atom is 0.264 e. The molecule has 1 aliphatic heterocycles. The number of anilines is 2. The number of hydrogen-bond donors (Lipinski definition) is 1. The van der Waals surface area contributed by atoms with Crippen molar-refractivity contribution in [3.63, 3.8) is 0 Å². The highest BCUT2D eigenvalue weighted by atomic mass is 32.2. The summed E-state index contributed by atoms with van der Waals surface area (Å²) in [5.74, 6) is 1.02. The molecule has 2 aromatic carbocycles. The molecule has 1 aliphatic rings. The van der Waals surface area contributed by atoms with Gasteiger partial charge in [0.2, 0.25) is 0 Å². The van der Waals surface area contributed by atoms with E-state index < -0.39 is 16.2 Å². The number of fused-ring (bicyclic) bond motifs is 2.